The van der Waals surface area contributed by atoms with Crippen LogP contribution in [0.4, 0.5) is 0 Å². The van der Waals surface area contributed by atoms with Gasteiger partial charge in [-0.15, -0.1) is 11.8 Å². The van der Waals surface area contributed by atoms with E-state index in [9.17, 15) is 9.59 Å². The van der Waals surface area contributed by atoms with Crippen molar-refractivity contribution in [2.45, 2.75) is 64.9 Å². The SMILES string of the molecule is Cc1cc(C)cc(CSCC(=O)N(Cc2ccccc2)[C@@H](Cc2ccccc2)C(=O)NC(C)(C)C)c1. The zero-order valence-corrected chi connectivity index (χ0v) is 22.9. The van der Waals surface area contributed by atoms with Gasteiger partial charge in [0, 0.05) is 24.3 Å². The third-order valence-electron chi connectivity index (χ3n) is 5.74. The first-order valence-corrected chi connectivity index (χ1v) is 13.6. The quantitative estimate of drug-likeness (QED) is 0.365. The first-order valence-electron chi connectivity index (χ1n) is 12.4. The molecule has 0 spiro atoms. The minimum Gasteiger partial charge on any atom is -0.350 e. The van der Waals surface area contributed by atoms with Gasteiger partial charge in [0.25, 0.3) is 0 Å². The number of rotatable bonds is 10. The van der Waals surface area contributed by atoms with Crippen molar-refractivity contribution in [3.8, 4) is 0 Å². The number of hydrogen-bond acceptors (Lipinski definition) is 3. The van der Waals surface area contributed by atoms with Gasteiger partial charge in [-0.25, -0.2) is 0 Å². The molecule has 190 valence electrons. The Morgan fingerprint density at radius 3 is 1.94 bits per heavy atom. The van der Waals surface area contributed by atoms with Crippen molar-refractivity contribution in [3.63, 3.8) is 0 Å². The standard InChI is InChI=1S/C31H38N2O2S/c1-23-16-24(2)18-27(17-23)21-36-22-29(34)33(20-26-14-10-7-11-15-26)28(30(35)32-31(3,4)5)19-25-12-8-6-9-13-25/h6-18,28H,19-22H2,1-5H3,(H,32,35)/t28-/m0/s1. The van der Waals surface area contributed by atoms with E-state index in [4.69, 9.17) is 0 Å². The molecular weight excluding hydrogens is 464 g/mol. The average Bonchev–Trinajstić information content (AvgIpc) is 2.81. The van der Waals surface area contributed by atoms with Crippen molar-refractivity contribution < 1.29 is 9.59 Å². The van der Waals surface area contributed by atoms with Gasteiger partial charge in [-0.3, -0.25) is 9.59 Å². The molecule has 0 aliphatic carbocycles. The van der Waals surface area contributed by atoms with Gasteiger partial charge in [0.1, 0.15) is 6.04 Å². The molecule has 3 aromatic rings. The van der Waals surface area contributed by atoms with Crippen LogP contribution in [0.1, 0.15) is 48.6 Å². The van der Waals surface area contributed by atoms with Crippen molar-refractivity contribution in [2.24, 2.45) is 0 Å². The fourth-order valence-electron chi connectivity index (χ4n) is 4.28. The summed E-state index contributed by atoms with van der Waals surface area (Å²) in [6.07, 6.45) is 0.461. The Morgan fingerprint density at radius 2 is 1.39 bits per heavy atom. The first-order chi connectivity index (χ1) is 17.1. The van der Waals surface area contributed by atoms with E-state index in [0.717, 1.165) is 16.9 Å². The molecule has 5 heteroatoms. The maximum Gasteiger partial charge on any atom is 0.243 e. The van der Waals surface area contributed by atoms with E-state index >= 15 is 0 Å². The van der Waals surface area contributed by atoms with Crippen LogP contribution in [0, 0.1) is 13.8 Å². The van der Waals surface area contributed by atoms with Crippen molar-refractivity contribution in [3.05, 3.63) is 107 Å². The van der Waals surface area contributed by atoms with Crippen LogP contribution in [-0.4, -0.2) is 34.0 Å². The van der Waals surface area contributed by atoms with Crippen LogP contribution in [-0.2, 0) is 28.3 Å². The van der Waals surface area contributed by atoms with E-state index in [1.807, 2.05) is 81.4 Å². The fraction of sp³-hybridized carbons (Fsp3) is 0.355. The molecular formula is C31H38N2O2S. The highest BCUT2D eigenvalue weighted by atomic mass is 32.2. The lowest BCUT2D eigenvalue weighted by Crippen LogP contribution is -2.54. The summed E-state index contributed by atoms with van der Waals surface area (Å²) in [5, 5.41) is 3.12. The number of carbonyl (C=O) groups is 2. The molecule has 0 aliphatic rings. The highest BCUT2D eigenvalue weighted by molar-refractivity contribution is 7.99. The smallest absolute Gasteiger partial charge is 0.243 e. The van der Waals surface area contributed by atoms with Crippen LogP contribution < -0.4 is 5.32 Å². The van der Waals surface area contributed by atoms with Crippen LogP contribution in [0.25, 0.3) is 0 Å². The molecule has 0 heterocycles. The number of hydrogen-bond donors (Lipinski definition) is 1. The van der Waals surface area contributed by atoms with E-state index in [1.54, 1.807) is 16.7 Å². The summed E-state index contributed by atoms with van der Waals surface area (Å²) < 4.78 is 0. The maximum absolute atomic E-state index is 13.7. The molecule has 0 aromatic heterocycles. The second kappa shape index (κ2) is 12.8. The maximum atomic E-state index is 13.7. The molecule has 0 bridgehead atoms. The number of aryl methyl sites for hydroxylation is 2. The molecule has 3 aromatic carbocycles. The normalized spacial score (nSPS) is 12.1. The number of carbonyl (C=O) groups excluding carboxylic acids is 2. The Hall–Kier alpha value is -3.05. The minimum absolute atomic E-state index is 0.0294. The lowest BCUT2D eigenvalue weighted by Gasteiger charge is -2.34. The van der Waals surface area contributed by atoms with Crippen LogP contribution in [0.3, 0.4) is 0 Å². The van der Waals surface area contributed by atoms with E-state index in [1.165, 1.54) is 16.7 Å². The number of benzene rings is 3. The van der Waals surface area contributed by atoms with E-state index in [2.05, 4.69) is 37.4 Å². The molecule has 1 atom stereocenters. The largest absolute Gasteiger partial charge is 0.350 e. The summed E-state index contributed by atoms with van der Waals surface area (Å²) in [6, 6.07) is 25.7. The molecule has 0 saturated heterocycles. The summed E-state index contributed by atoms with van der Waals surface area (Å²) in [6.45, 7) is 10.5. The molecule has 4 nitrogen and oxygen atoms in total. The van der Waals surface area contributed by atoms with E-state index < -0.39 is 11.6 Å². The molecule has 0 radical (unpaired) electrons. The number of amides is 2. The minimum atomic E-state index is -0.610. The molecule has 0 unspecified atom stereocenters. The molecule has 1 N–H and O–H groups in total. The van der Waals surface area contributed by atoms with Crippen LogP contribution in [0.15, 0.2) is 78.9 Å². The summed E-state index contributed by atoms with van der Waals surface area (Å²) >= 11 is 1.60. The van der Waals surface area contributed by atoms with Crippen molar-refractivity contribution in [1.29, 1.82) is 0 Å². The average molecular weight is 503 g/mol. The highest BCUT2D eigenvalue weighted by Crippen LogP contribution is 2.20. The van der Waals surface area contributed by atoms with Crippen molar-refractivity contribution >= 4 is 23.6 Å². The molecule has 0 fully saturated rings. The van der Waals surface area contributed by atoms with Crippen LogP contribution in [0.2, 0.25) is 0 Å². The van der Waals surface area contributed by atoms with E-state index in [-0.39, 0.29) is 11.8 Å². The Balaban J connectivity index is 1.85. The van der Waals surface area contributed by atoms with Gasteiger partial charge in [0.15, 0.2) is 0 Å². The monoisotopic (exact) mass is 502 g/mol. The summed E-state index contributed by atoms with van der Waals surface area (Å²) in [5.74, 6) is 0.909. The van der Waals surface area contributed by atoms with Crippen LogP contribution >= 0.6 is 11.8 Å². The lowest BCUT2D eigenvalue weighted by molar-refractivity contribution is -0.140. The summed E-state index contributed by atoms with van der Waals surface area (Å²) in [5.41, 5.74) is 5.30. The Kier molecular flexibility index (Phi) is 9.77. The van der Waals surface area contributed by atoms with Gasteiger partial charge >= 0.3 is 0 Å². The fourth-order valence-corrected chi connectivity index (χ4v) is 5.12. The Labute approximate surface area is 220 Å². The van der Waals surface area contributed by atoms with Crippen molar-refractivity contribution in [1.82, 2.24) is 10.2 Å². The van der Waals surface area contributed by atoms with Gasteiger partial charge in [-0.1, -0.05) is 90.0 Å². The number of thioether (sulfide) groups is 1. The van der Waals surface area contributed by atoms with Gasteiger partial charge in [-0.05, 0) is 51.3 Å². The van der Waals surface area contributed by atoms with Crippen molar-refractivity contribution in [2.75, 3.05) is 5.75 Å². The Morgan fingerprint density at radius 1 is 0.833 bits per heavy atom. The molecule has 0 aliphatic heterocycles. The van der Waals surface area contributed by atoms with Gasteiger partial charge in [0.2, 0.25) is 11.8 Å². The number of nitrogens with one attached hydrogen (secondary N) is 1. The molecule has 36 heavy (non-hydrogen) atoms. The zero-order valence-electron chi connectivity index (χ0n) is 22.1. The molecule has 3 rings (SSSR count). The second-order valence-corrected chi connectivity index (χ2v) is 11.4. The lowest BCUT2D eigenvalue weighted by atomic mass is 10.0. The topological polar surface area (TPSA) is 49.4 Å². The van der Waals surface area contributed by atoms with Gasteiger partial charge < -0.3 is 10.2 Å². The second-order valence-electron chi connectivity index (χ2n) is 10.4. The molecule has 0 saturated carbocycles. The third kappa shape index (κ3) is 8.87. The third-order valence-corrected chi connectivity index (χ3v) is 6.73. The van der Waals surface area contributed by atoms with Crippen LogP contribution in [0.5, 0.6) is 0 Å². The summed E-state index contributed by atoms with van der Waals surface area (Å²) in [7, 11) is 0. The highest BCUT2D eigenvalue weighted by Gasteiger charge is 2.32. The number of nitrogens with zero attached hydrogens (tertiary/aromatic N) is 1. The molecule has 2 amide bonds. The summed E-state index contributed by atoms with van der Waals surface area (Å²) in [4.78, 5) is 29.0. The first kappa shape index (κ1) is 27.5. The van der Waals surface area contributed by atoms with Gasteiger partial charge in [0.05, 0.1) is 5.75 Å². The Bertz CT molecular complexity index is 1120. The predicted molar refractivity (Wildman–Crippen MR) is 151 cm³/mol. The van der Waals surface area contributed by atoms with E-state index in [0.29, 0.717) is 18.7 Å². The zero-order chi connectivity index (χ0) is 26.1. The van der Waals surface area contributed by atoms with Gasteiger partial charge in [-0.2, -0.15) is 0 Å². The predicted octanol–water partition coefficient (Wildman–Crippen LogP) is 6.09.